The minimum atomic E-state index is 0.0419. The fraction of sp³-hybridized carbons (Fsp3) is 0.600. The Bertz CT molecular complexity index is 339. The van der Waals surface area contributed by atoms with E-state index in [-0.39, 0.29) is 10.8 Å². The number of halogens is 2. The van der Waals surface area contributed by atoms with Gasteiger partial charge in [-0.1, -0.05) is 13.8 Å². The largest absolute Gasteiger partial charge is 0.364 e. The Morgan fingerprint density at radius 3 is 2.60 bits per heavy atom. The van der Waals surface area contributed by atoms with Crippen molar-refractivity contribution >= 4 is 33.3 Å². The summed E-state index contributed by atoms with van der Waals surface area (Å²) in [6, 6.07) is 0. The summed E-state index contributed by atoms with van der Waals surface area (Å²) in [5.74, 6) is 0.751. The van der Waals surface area contributed by atoms with Crippen LogP contribution in [0.4, 0.5) is 5.82 Å². The molecule has 0 unspecified atom stereocenters. The van der Waals surface area contributed by atoms with Crippen LogP contribution in [0.1, 0.15) is 33.6 Å². The molecule has 3 nitrogen and oxygen atoms in total. The molecule has 0 saturated carbocycles. The van der Waals surface area contributed by atoms with Crippen molar-refractivity contribution in [3.63, 3.8) is 0 Å². The van der Waals surface area contributed by atoms with Gasteiger partial charge in [-0.25, -0.2) is 4.98 Å². The molecule has 0 radical (unpaired) electrons. The van der Waals surface area contributed by atoms with Crippen molar-refractivity contribution in [2.24, 2.45) is 0 Å². The van der Waals surface area contributed by atoms with Gasteiger partial charge < -0.3 is 5.32 Å². The average molecular weight is 293 g/mol. The Morgan fingerprint density at radius 2 is 2.07 bits per heavy atom. The molecule has 0 aliphatic heterocycles. The van der Waals surface area contributed by atoms with Crippen LogP contribution in [0.25, 0.3) is 0 Å². The third-order valence-electron chi connectivity index (χ3n) is 2.70. The fourth-order valence-corrected chi connectivity index (χ4v) is 1.57. The Morgan fingerprint density at radius 1 is 1.47 bits per heavy atom. The van der Waals surface area contributed by atoms with E-state index in [9.17, 15) is 0 Å². The highest BCUT2D eigenvalue weighted by atomic mass is 79.9. The number of rotatable bonds is 4. The van der Waals surface area contributed by atoms with E-state index in [1.54, 1.807) is 6.20 Å². The Labute approximate surface area is 104 Å². The highest BCUT2D eigenvalue weighted by Crippen LogP contribution is 2.26. The number of nitrogens with one attached hydrogen (secondary N) is 1. The van der Waals surface area contributed by atoms with Gasteiger partial charge in [-0.2, -0.15) is 4.98 Å². The Kier molecular flexibility index (Phi) is 4.34. The Hall–Kier alpha value is -0.350. The molecule has 0 atom stereocenters. The second-order valence-corrected chi connectivity index (χ2v) is 4.92. The third kappa shape index (κ3) is 3.31. The van der Waals surface area contributed by atoms with Crippen molar-refractivity contribution in [1.29, 1.82) is 0 Å². The van der Waals surface area contributed by atoms with Crippen LogP contribution < -0.4 is 5.32 Å². The molecule has 0 spiro atoms. The van der Waals surface area contributed by atoms with Crippen LogP contribution in [0.15, 0.2) is 10.7 Å². The van der Waals surface area contributed by atoms with E-state index in [1.165, 1.54) is 0 Å². The molecule has 0 bridgehead atoms. The summed E-state index contributed by atoms with van der Waals surface area (Å²) in [6.07, 6.45) is 3.71. The summed E-state index contributed by atoms with van der Waals surface area (Å²) in [5.41, 5.74) is 0.0419. The molecular weight excluding hydrogens is 277 g/mol. The first-order chi connectivity index (χ1) is 7.00. The molecule has 0 fully saturated rings. The maximum absolute atomic E-state index is 5.75. The van der Waals surface area contributed by atoms with Crippen molar-refractivity contribution < 1.29 is 0 Å². The summed E-state index contributed by atoms with van der Waals surface area (Å²) < 4.78 is 0.833. The topological polar surface area (TPSA) is 37.8 Å². The number of hydrogen-bond donors (Lipinski definition) is 1. The minimum absolute atomic E-state index is 0.0419. The molecule has 0 saturated heterocycles. The summed E-state index contributed by atoms with van der Waals surface area (Å²) in [6.45, 7) is 6.45. The average Bonchev–Trinajstić information content (AvgIpc) is 2.23. The molecule has 0 aliphatic rings. The van der Waals surface area contributed by atoms with E-state index >= 15 is 0 Å². The monoisotopic (exact) mass is 291 g/mol. The molecule has 1 heterocycles. The van der Waals surface area contributed by atoms with E-state index in [0.29, 0.717) is 0 Å². The molecule has 1 rings (SSSR count). The zero-order valence-electron chi connectivity index (χ0n) is 9.14. The van der Waals surface area contributed by atoms with Gasteiger partial charge in [-0.05, 0) is 47.3 Å². The number of hydrogen-bond acceptors (Lipinski definition) is 3. The molecule has 5 heteroatoms. The highest BCUT2D eigenvalue weighted by molar-refractivity contribution is 9.10. The predicted octanol–water partition coefficient (Wildman–Crippen LogP) is 3.88. The SMILES string of the molecule is CCC(C)(CC)Nc1nc(Cl)ncc1Br. The van der Waals surface area contributed by atoms with E-state index in [4.69, 9.17) is 11.6 Å². The van der Waals surface area contributed by atoms with Crippen LogP contribution >= 0.6 is 27.5 Å². The molecule has 1 N–H and O–H groups in total. The van der Waals surface area contributed by atoms with Crippen molar-refractivity contribution in [2.45, 2.75) is 39.2 Å². The number of aromatic nitrogens is 2. The van der Waals surface area contributed by atoms with Crippen LogP contribution in [0.2, 0.25) is 5.28 Å². The molecule has 0 amide bonds. The lowest BCUT2D eigenvalue weighted by molar-refractivity contribution is 0.476. The summed E-state index contributed by atoms with van der Waals surface area (Å²) in [5, 5.41) is 3.64. The van der Waals surface area contributed by atoms with Crippen LogP contribution in [0.3, 0.4) is 0 Å². The predicted molar refractivity (Wildman–Crippen MR) is 67.4 cm³/mol. The highest BCUT2D eigenvalue weighted by Gasteiger charge is 2.20. The summed E-state index contributed by atoms with van der Waals surface area (Å²) in [7, 11) is 0. The van der Waals surface area contributed by atoms with Crippen molar-refractivity contribution in [3.8, 4) is 0 Å². The minimum Gasteiger partial charge on any atom is -0.364 e. The lowest BCUT2D eigenvalue weighted by Gasteiger charge is -2.29. The molecule has 0 aliphatic carbocycles. The van der Waals surface area contributed by atoms with Crippen LogP contribution in [0, 0.1) is 0 Å². The van der Waals surface area contributed by atoms with Gasteiger partial charge in [0, 0.05) is 11.7 Å². The molecule has 1 aromatic rings. The van der Waals surface area contributed by atoms with Crippen molar-refractivity contribution in [1.82, 2.24) is 9.97 Å². The van der Waals surface area contributed by atoms with Crippen LogP contribution in [-0.2, 0) is 0 Å². The normalized spacial score (nSPS) is 11.5. The molecular formula is C10H15BrClN3. The van der Waals surface area contributed by atoms with Crippen molar-refractivity contribution in [3.05, 3.63) is 16.0 Å². The van der Waals surface area contributed by atoms with Gasteiger partial charge in [0.05, 0.1) is 4.47 Å². The number of nitrogens with zero attached hydrogens (tertiary/aromatic N) is 2. The van der Waals surface area contributed by atoms with Gasteiger partial charge in [0.15, 0.2) is 0 Å². The van der Waals surface area contributed by atoms with E-state index < -0.39 is 0 Å². The maximum Gasteiger partial charge on any atom is 0.224 e. The maximum atomic E-state index is 5.75. The first-order valence-corrected chi connectivity index (χ1v) is 6.14. The van der Waals surface area contributed by atoms with Gasteiger partial charge in [-0.3, -0.25) is 0 Å². The molecule has 15 heavy (non-hydrogen) atoms. The second kappa shape index (κ2) is 5.12. The second-order valence-electron chi connectivity index (χ2n) is 3.73. The summed E-state index contributed by atoms with van der Waals surface area (Å²) in [4.78, 5) is 8.04. The van der Waals surface area contributed by atoms with E-state index in [1.807, 2.05) is 0 Å². The van der Waals surface area contributed by atoms with E-state index in [0.717, 1.165) is 23.1 Å². The van der Waals surface area contributed by atoms with Gasteiger partial charge in [0.2, 0.25) is 5.28 Å². The van der Waals surface area contributed by atoms with Crippen LogP contribution in [0.5, 0.6) is 0 Å². The van der Waals surface area contributed by atoms with Gasteiger partial charge in [0.25, 0.3) is 0 Å². The van der Waals surface area contributed by atoms with E-state index in [2.05, 4.69) is 52.0 Å². The zero-order valence-corrected chi connectivity index (χ0v) is 11.5. The zero-order chi connectivity index (χ0) is 11.5. The number of anilines is 1. The van der Waals surface area contributed by atoms with Gasteiger partial charge in [-0.15, -0.1) is 0 Å². The van der Waals surface area contributed by atoms with Crippen molar-refractivity contribution in [2.75, 3.05) is 5.32 Å². The lowest BCUT2D eigenvalue weighted by atomic mass is 9.96. The van der Waals surface area contributed by atoms with Crippen LogP contribution in [-0.4, -0.2) is 15.5 Å². The lowest BCUT2D eigenvalue weighted by Crippen LogP contribution is -2.33. The first-order valence-electron chi connectivity index (χ1n) is 4.97. The summed E-state index contributed by atoms with van der Waals surface area (Å²) >= 11 is 9.14. The quantitative estimate of drug-likeness (QED) is 0.856. The van der Waals surface area contributed by atoms with Gasteiger partial charge >= 0.3 is 0 Å². The molecule has 0 aromatic carbocycles. The Balaban J connectivity index is 2.92. The molecule has 84 valence electrons. The molecule has 1 aromatic heterocycles. The van der Waals surface area contributed by atoms with Gasteiger partial charge in [0.1, 0.15) is 5.82 Å². The third-order valence-corrected chi connectivity index (χ3v) is 3.46. The fourth-order valence-electron chi connectivity index (χ4n) is 1.15. The standard InChI is InChI=1S/C10H15BrClN3/c1-4-10(3,5-2)15-8-7(11)6-13-9(12)14-8/h6H,4-5H2,1-3H3,(H,13,14,15). The smallest absolute Gasteiger partial charge is 0.224 e. The first kappa shape index (κ1) is 12.7.